The lowest BCUT2D eigenvalue weighted by Gasteiger charge is -1.93. The van der Waals surface area contributed by atoms with Gasteiger partial charge in [0.15, 0.2) is 5.82 Å². The van der Waals surface area contributed by atoms with Gasteiger partial charge in [0.05, 0.1) is 11.8 Å². The highest BCUT2D eigenvalue weighted by molar-refractivity contribution is 7.17. The number of aryl methyl sites for hydroxylation is 1. The third kappa shape index (κ3) is 2.55. The molecular formula is C16H11FN4OS. The Balaban J connectivity index is 1.68. The summed E-state index contributed by atoms with van der Waals surface area (Å²) in [5.41, 5.74) is 1.78. The molecule has 0 amide bonds. The molecule has 1 aromatic carbocycles. The number of furan rings is 1. The van der Waals surface area contributed by atoms with Gasteiger partial charge < -0.3 is 4.42 Å². The fourth-order valence-electron chi connectivity index (χ4n) is 2.23. The van der Waals surface area contributed by atoms with Crippen molar-refractivity contribution in [3.63, 3.8) is 0 Å². The number of benzene rings is 1. The zero-order valence-electron chi connectivity index (χ0n) is 12.1. The molecule has 4 aromatic rings. The molecule has 3 aromatic heterocycles. The molecule has 0 saturated heterocycles. The normalized spacial score (nSPS) is 11.7. The molecule has 0 saturated carbocycles. The average Bonchev–Trinajstić information content (AvgIpc) is 3.22. The van der Waals surface area contributed by atoms with Crippen LogP contribution in [0.3, 0.4) is 0 Å². The van der Waals surface area contributed by atoms with Gasteiger partial charge >= 0.3 is 0 Å². The quantitative estimate of drug-likeness (QED) is 0.569. The summed E-state index contributed by atoms with van der Waals surface area (Å²) in [5.74, 6) is 1.18. The average molecular weight is 326 g/mol. The maximum Gasteiger partial charge on any atom is 0.235 e. The van der Waals surface area contributed by atoms with Gasteiger partial charge in [-0.2, -0.15) is 9.61 Å². The third-order valence-corrected chi connectivity index (χ3v) is 4.26. The summed E-state index contributed by atoms with van der Waals surface area (Å²) < 4.78 is 19.9. The van der Waals surface area contributed by atoms with Crippen LogP contribution in [0.15, 0.2) is 41.0 Å². The van der Waals surface area contributed by atoms with E-state index in [1.165, 1.54) is 23.5 Å². The van der Waals surface area contributed by atoms with Gasteiger partial charge in [-0.15, -0.1) is 10.2 Å². The number of fused-ring (bicyclic) bond motifs is 1. The van der Waals surface area contributed by atoms with Crippen molar-refractivity contribution in [1.29, 1.82) is 0 Å². The molecule has 0 aliphatic carbocycles. The highest BCUT2D eigenvalue weighted by atomic mass is 32.1. The van der Waals surface area contributed by atoms with E-state index in [-0.39, 0.29) is 5.82 Å². The first-order valence-electron chi connectivity index (χ1n) is 6.91. The summed E-state index contributed by atoms with van der Waals surface area (Å²) in [6.45, 7) is 1.87. The van der Waals surface area contributed by atoms with Crippen LogP contribution in [-0.4, -0.2) is 19.8 Å². The molecule has 0 radical (unpaired) electrons. The van der Waals surface area contributed by atoms with E-state index >= 15 is 0 Å². The molecule has 4 rings (SSSR count). The van der Waals surface area contributed by atoms with Gasteiger partial charge in [0.1, 0.15) is 16.6 Å². The Morgan fingerprint density at radius 3 is 2.70 bits per heavy atom. The lowest BCUT2D eigenvalue weighted by molar-refractivity contribution is 0.535. The highest BCUT2D eigenvalue weighted by Gasteiger charge is 2.15. The Bertz CT molecular complexity index is 997. The van der Waals surface area contributed by atoms with Crippen LogP contribution in [0, 0.1) is 12.7 Å². The summed E-state index contributed by atoms with van der Waals surface area (Å²) >= 11 is 1.43. The molecule has 0 bridgehead atoms. The van der Waals surface area contributed by atoms with Crippen LogP contribution in [-0.2, 0) is 0 Å². The largest absolute Gasteiger partial charge is 0.469 e. The summed E-state index contributed by atoms with van der Waals surface area (Å²) in [4.78, 5) is 0.708. The van der Waals surface area contributed by atoms with E-state index in [9.17, 15) is 4.39 Å². The van der Waals surface area contributed by atoms with Gasteiger partial charge in [-0.25, -0.2) is 4.39 Å². The van der Waals surface area contributed by atoms with Gasteiger partial charge in [-0.05, 0) is 36.8 Å². The number of rotatable bonds is 3. The molecule has 0 spiro atoms. The Kier molecular flexibility index (Phi) is 3.27. The molecule has 0 aliphatic heterocycles. The van der Waals surface area contributed by atoms with Crippen LogP contribution in [0.1, 0.15) is 16.3 Å². The Morgan fingerprint density at radius 2 is 1.96 bits per heavy atom. The molecule has 23 heavy (non-hydrogen) atoms. The van der Waals surface area contributed by atoms with Crippen LogP contribution >= 0.6 is 11.3 Å². The smallest absolute Gasteiger partial charge is 0.235 e. The van der Waals surface area contributed by atoms with Crippen molar-refractivity contribution in [2.75, 3.05) is 0 Å². The first-order valence-corrected chi connectivity index (χ1v) is 7.73. The molecule has 5 nitrogen and oxygen atoms in total. The van der Waals surface area contributed by atoms with Gasteiger partial charge in [0.25, 0.3) is 0 Å². The van der Waals surface area contributed by atoms with Gasteiger partial charge in [-0.3, -0.25) is 0 Å². The first-order chi connectivity index (χ1) is 11.2. The standard InChI is InChI=1S/C16H11FN4OS/c1-10-13(8-9-22-10)15-18-19-16-21(15)20-14(23-16)7-4-11-2-5-12(17)6-3-11/h2-9H,1H3. The van der Waals surface area contributed by atoms with Gasteiger partial charge in [0, 0.05) is 0 Å². The predicted octanol–water partition coefficient (Wildman–Crippen LogP) is 4.06. The van der Waals surface area contributed by atoms with Crippen molar-refractivity contribution < 1.29 is 8.81 Å². The first kappa shape index (κ1) is 13.8. The number of halogens is 1. The maximum absolute atomic E-state index is 12.9. The van der Waals surface area contributed by atoms with Crippen molar-refractivity contribution in [2.24, 2.45) is 0 Å². The van der Waals surface area contributed by atoms with Crippen molar-refractivity contribution >= 4 is 28.4 Å². The molecule has 0 N–H and O–H groups in total. The molecule has 114 valence electrons. The third-order valence-electron chi connectivity index (χ3n) is 3.39. The molecule has 3 heterocycles. The molecule has 7 heteroatoms. The minimum absolute atomic E-state index is 0.249. The number of hydrogen-bond donors (Lipinski definition) is 0. The summed E-state index contributed by atoms with van der Waals surface area (Å²) in [7, 11) is 0. The van der Waals surface area contributed by atoms with E-state index in [1.54, 1.807) is 22.9 Å². The summed E-state index contributed by atoms with van der Waals surface area (Å²) in [5, 5.41) is 13.6. The van der Waals surface area contributed by atoms with E-state index in [4.69, 9.17) is 4.42 Å². The molecule has 0 fully saturated rings. The minimum Gasteiger partial charge on any atom is -0.469 e. The van der Waals surface area contributed by atoms with Crippen LogP contribution in [0.2, 0.25) is 0 Å². The Hall–Kier alpha value is -2.80. The van der Waals surface area contributed by atoms with E-state index < -0.39 is 0 Å². The van der Waals surface area contributed by atoms with Crippen LogP contribution in [0.25, 0.3) is 28.5 Å². The fraction of sp³-hybridized carbons (Fsp3) is 0.0625. The Morgan fingerprint density at radius 1 is 1.13 bits per heavy atom. The van der Waals surface area contributed by atoms with Gasteiger partial charge in [0.2, 0.25) is 4.96 Å². The SMILES string of the molecule is Cc1occc1-c1nnc2sc(C=Cc3ccc(F)cc3)nn12. The molecule has 0 aliphatic rings. The minimum atomic E-state index is -0.249. The monoisotopic (exact) mass is 326 g/mol. The second-order valence-corrected chi connectivity index (χ2v) is 5.92. The zero-order valence-corrected chi connectivity index (χ0v) is 12.9. The van der Waals surface area contributed by atoms with E-state index in [0.29, 0.717) is 10.8 Å². The van der Waals surface area contributed by atoms with Crippen molar-refractivity contribution in [3.8, 4) is 11.4 Å². The fourth-order valence-corrected chi connectivity index (χ4v) is 2.97. The summed E-state index contributed by atoms with van der Waals surface area (Å²) in [6.07, 6.45) is 5.37. The summed E-state index contributed by atoms with van der Waals surface area (Å²) in [6, 6.07) is 8.13. The lowest BCUT2D eigenvalue weighted by Crippen LogP contribution is -1.90. The number of aromatic nitrogens is 4. The topological polar surface area (TPSA) is 56.2 Å². The predicted molar refractivity (Wildman–Crippen MR) is 86.4 cm³/mol. The van der Waals surface area contributed by atoms with Crippen molar-refractivity contribution in [1.82, 2.24) is 19.8 Å². The van der Waals surface area contributed by atoms with Crippen molar-refractivity contribution in [3.05, 3.63) is 58.7 Å². The van der Waals surface area contributed by atoms with E-state index in [1.807, 2.05) is 25.1 Å². The maximum atomic E-state index is 12.9. The van der Waals surface area contributed by atoms with Crippen LogP contribution in [0.5, 0.6) is 0 Å². The molecule has 0 unspecified atom stereocenters. The number of hydrogen-bond acceptors (Lipinski definition) is 5. The lowest BCUT2D eigenvalue weighted by atomic mass is 10.2. The Labute approximate surface area is 134 Å². The van der Waals surface area contributed by atoms with Crippen molar-refractivity contribution in [2.45, 2.75) is 6.92 Å². The molecule has 0 atom stereocenters. The van der Waals surface area contributed by atoms with Crippen LogP contribution in [0.4, 0.5) is 4.39 Å². The second-order valence-electron chi connectivity index (χ2n) is 4.93. The number of nitrogens with zero attached hydrogens (tertiary/aromatic N) is 4. The highest BCUT2D eigenvalue weighted by Crippen LogP contribution is 2.25. The second kappa shape index (κ2) is 5.44. The van der Waals surface area contributed by atoms with Gasteiger partial charge in [-0.1, -0.05) is 29.5 Å². The zero-order chi connectivity index (χ0) is 15.8. The van der Waals surface area contributed by atoms with Crippen LogP contribution < -0.4 is 0 Å². The van der Waals surface area contributed by atoms with E-state index in [2.05, 4.69) is 15.3 Å². The van der Waals surface area contributed by atoms with E-state index in [0.717, 1.165) is 21.9 Å². The molecular weight excluding hydrogens is 315 g/mol.